The lowest BCUT2D eigenvalue weighted by Gasteiger charge is -1.90. The molecule has 0 N–H and O–H groups in total. The lowest BCUT2D eigenvalue weighted by atomic mass is 10.3. The summed E-state index contributed by atoms with van der Waals surface area (Å²) in [5.74, 6) is 0.774. The summed E-state index contributed by atoms with van der Waals surface area (Å²) in [4.78, 5) is 4.11. The van der Waals surface area contributed by atoms with Gasteiger partial charge in [-0.1, -0.05) is 28.4 Å². The van der Waals surface area contributed by atoms with Gasteiger partial charge in [-0.25, -0.2) is 0 Å². The molecule has 0 aliphatic heterocycles. The highest BCUT2D eigenvalue weighted by Gasteiger charge is 2.17. The van der Waals surface area contributed by atoms with Crippen LogP contribution in [0.1, 0.15) is 18.1 Å². The van der Waals surface area contributed by atoms with Crippen molar-refractivity contribution in [3.63, 3.8) is 0 Å². The molecule has 0 saturated carbocycles. The second kappa shape index (κ2) is 4.29. The molecule has 0 aliphatic carbocycles. The van der Waals surface area contributed by atoms with Crippen molar-refractivity contribution in [3.05, 3.63) is 20.6 Å². The number of aromatic nitrogens is 2. The highest BCUT2D eigenvalue weighted by atomic mass is 35.5. The Morgan fingerprint density at radius 2 is 2.20 bits per heavy atom. The van der Waals surface area contributed by atoms with Gasteiger partial charge in [-0.3, -0.25) is 0 Å². The fourth-order valence-electron chi connectivity index (χ4n) is 0.992. The lowest BCUT2D eigenvalue weighted by molar-refractivity contribution is 0.423. The summed E-state index contributed by atoms with van der Waals surface area (Å²) in [7, 11) is 0. The zero-order valence-corrected chi connectivity index (χ0v) is 10.6. The second-order valence-corrected chi connectivity index (χ2v) is 5.75. The lowest BCUT2D eigenvalue weighted by Crippen LogP contribution is -1.86. The van der Waals surface area contributed by atoms with Crippen molar-refractivity contribution in [1.29, 1.82) is 0 Å². The molecule has 15 heavy (non-hydrogen) atoms. The van der Waals surface area contributed by atoms with Gasteiger partial charge in [0.15, 0.2) is 5.82 Å². The van der Waals surface area contributed by atoms with Crippen molar-refractivity contribution in [1.82, 2.24) is 10.1 Å². The molecule has 2 heterocycles. The Bertz CT molecular complexity index is 480. The highest BCUT2D eigenvalue weighted by molar-refractivity contribution is 7.20. The van der Waals surface area contributed by atoms with E-state index in [0.29, 0.717) is 26.0 Å². The van der Waals surface area contributed by atoms with E-state index in [4.69, 9.17) is 39.3 Å². The molecule has 0 aliphatic rings. The molecule has 0 saturated heterocycles. The van der Waals surface area contributed by atoms with Crippen molar-refractivity contribution in [2.75, 3.05) is 0 Å². The Morgan fingerprint density at radius 3 is 2.67 bits per heavy atom. The van der Waals surface area contributed by atoms with Gasteiger partial charge in [0, 0.05) is 0 Å². The molecule has 0 bridgehead atoms. The average molecular weight is 284 g/mol. The molecule has 2 rings (SSSR count). The molecule has 1 atom stereocenters. The minimum absolute atomic E-state index is 0.296. The summed E-state index contributed by atoms with van der Waals surface area (Å²) >= 11 is 18.8. The number of alkyl halides is 1. The predicted octanol–water partition coefficient (Wildman–Crippen LogP) is 4.40. The average Bonchev–Trinajstić information content (AvgIpc) is 2.71. The van der Waals surface area contributed by atoms with Crippen LogP contribution in [-0.2, 0) is 0 Å². The van der Waals surface area contributed by atoms with Gasteiger partial charge in [-0.15, -0.1) is 22.9 Å². The predicted molar refractivity (Wildman–Crippen MR) is 61.9 cm³/mol. The Morgan fingerprint density at radius 1 is 1.47 bits per heavy atom. The third-order valence-electron chi connectivity index (χ3n) is 1.68. The zero-order valence-electron chi connectivity index (χ0n) is 7.50. The fraction of sp³-hybridized carbons (Fsp3) is 0.250. The van der Waals surface area contributed by atoms with Crippen LogP contribution in [0.2, 0.25) is 8.67 Å². The molecular weight excluding hydrogens is 279 g/mol. The maximum atomic E-state index is 5.94. The van der Waals surface area contributed by atoms with Gasteiger partial charge in [0.05, 0.1) is 15.3 Å². The summed E-state index contributed by atoms with van der Waals surface area (Å²) in [5, 5.41) is 3.43. The first-order valence-electron chi connectivity index (χ1n) is 4.01. The maximum Gasteiger partial charge on any atom is 0.260 e. The molecule has 7 heteroatoms. The van der Waals surface area contributed by atoms with Crippen LogP contribution in [0.3, 0.4) is 0 Å². The fourth-order valence-corrected chi connectivity index (χ4v) is 2.53. The molecule has 80 valence electrons. The first-order valence-corrected chi connectivity index (χ1v) is 6.01. The molecular formula is C8H5Cl3N2OS. The van der Waals surface area contributed by atoms with E-state index >= 15 is 0 Å². The van der Waals surface area contributed by atoms with E-state index in [1.807, 2.05) is 0 Å². The minimum Gasteiger partial charge on any atom is -0.334 e. The normalized spacial score (nSPS) is 13.1. The SMILES string of the molecule is CC(Cl)c1noc(-c2cc(Cl)sc2Cl)n1. The maximum absolute atomic E-state index is 5.94. The van der Waals surface area contributed by atoms with Crippen LogP contribution in [0.15, 0.2) is 10.6 Å². The van der Waals surface area contributed by atoms with Crippen LogP contribution in [-0.4, -0.2) is 10.1 Å². The largest absolute Gasteiger partial charge is 0.334 e. The van der Waals surface area contributed by atoms with Crippen molar-refractivity contribution >= 4 is 46.1 Å². The number of nitrogens with zero attached hydrogens (tertiary/aromatic N) is 2. The third-order valence-corrected chi connectivity index (χ3v) is 3.37. The van der Waals surface area contributed by atoms with Crippen LogP contribution in [0.4, 0.5) is 0 Å². The summed E-state index contributed by atoms with van der Waals surface area (Å²) in [5.41, 5.74) is 0.641. The topological polar surface area (TPSA) is 38.9 Å². The summed E-state index contributed by atoms with van der Waals surface area (Å²) in [6, 6.07) is 1.69. The molecule has 0 amide bonds. The first-order chi connectivity index (χ1) is 7.08. The van der Waals surface area contributed by atoms with E-state index in [2.05, 4.69) is 10.1 Å². The zero-order chi connectivity index (χ0) is 11.0. The Kier molecular flexibility index (Phi) is 3.21. The van der Waals surface area contributed by atoms with Crippen LogP contribution in [0.25, 0.3) is 11.5 Å². The second-order valence-electron chi connectivity index (χ2n) is 2.81. The van der Waals surface area contributed by atoms with Gasteiger partial charge in [-0.05, 0) is 13.0 Å². The molecule has 2 aromatic rings. The van der Waals surface area contributed by atoms with E-state index in [9.17, 15) is 0 Å². The van der Waals surface area contributed by atoms with Gasteiger partial charge in [0.2, 0.25) is 0 Å². The van der Waals surface area contributed by atoms with E-state index in [1.165, 1.54) is 11.3 Å². The van der Waals surface area contributed by atoms with Gasteiger partial charge >= 0.3 is 0 Å². The van der Waals surface area contributed by atoms with Crippen molar-refractivity contribution in [2.24, 2.45) is 0 Å². The van der Waals surface area contributed by atoms with Gasteiger partial charge in [0.25, 0.3) is 5.89 Å². The Labute approximate surface area is 105 Å². The number of hydrogen-bond acceptors (Lipinski definition) is 4. The first kappa shape index (κ1) is 11.2. The van der Waals surface area contributed by atoms with Gasteiger partial charge in [-0.2, -0.15) is 4.98 Å². The highest BCUT2D eigenvalue weighted by Crippen LogP contribution is 2.37. The molecule has 3 nitrogen and oxygen atoms in total. The monoisotopic (exact) mass is 282 g/mol. The Balaban J connectivity index is 2.41. The quantitative estimate of drug-likeness (QED) is 0.767. The van der Waals surface area contributed by atoms with Crippen LogP contribution >= 0.6 is 46.1 Å². The van der Waals surface area contributed by atoms with E-state index in [1.54, 1.807) is 13.0 Å². The third kappa shape index (κ3) is 2.28. The number of thiophene rings is 1. The minimum atomic E-state index is -0.296. The standard InChI is InChI=1S/C8H5Cl3N2OS/c1-3(9)7-12-8(14-13-7)4-2-5(10)15-6(4)11/h2-3H,1H3. The smallest absolute Gasteiger partial charge is 0.260 e. The number of hydrogen-bond donors (Lipinski definition) is 0. The summed E-state index contributed by atoms with van der Waals surface area (Å²) in [6.07, 6.45) is 0. The molecule has 0 radical (unpaired) electrons. The summed E-state index contributed by atoms with van der Waals surface area (Å²) < 4.78 is 6.13. The molecule has 0 aromatic carbocycles. The van der Waals surface area contributed by atoms with Crippen molar-refractivity contribution in [3.8, 4) is 11.5 Å². The summed E-state index contributed by atoms with van der Waals surface area (Å²) in [6.45, 7) is 1.76. The van der Waals surface area contributed by atoms with E-state index < -0.39 is 0 Å². The molecule has 0 spiro atoms. The molecule has 2 aromatic heterocycles. The van der Waals surface area contributed by atoms with E-state index in [-0.39, 0.29) is 5.38 Å². The van der Waals surface area contributed by atoms with Gasteiger partial charge in [0.1, 0.15) is 4.34 Å². The number of halogens is 3. The van der Waals surface area contributed by atoms with E-state index in [0.717, 1.165) is 0 Å². The number of rotatable bonds is 2. The molecule has 0 fully saturated rings. The molecule has 1 unspecified atom stereocenters. The van der Waals surface area contributed by atoms with Crippen molar-refractivity contribution in [2.45, 2.75) is 12.3 Å². The van der Waals surface area contributed by atoms with Gasteiger partial charge < -0.3 is 4.52 Å². The van der Waals surface area contributed by atoms with Crippen molar-refractivity contribution < 1.29 is 4.52 Å². The van der Waals surface area contributed by atoms with Crippen LogP contribution < -0.4 is 0 Å². The Hall–Kier alpha value is -0.290. The van der Waals surface area contributed by atoms with Crippen LogP contribution in [0, 0.1) is 0 Å². The van der Waals surface area contributed by atoms with Crippen LogP contribution in [0.5, 0.6) is 0 Å².